The van der Waals surface area contributed by atoms with Crippen LogP contribution in [0.5, 0.6) is 0 Å². The predicted molar refractivity (Wildman–Crippen MR) is 114 cm³/mol. The summed E-state index contributed by atoms with van der Waals surface area (Å²) in [7, 11) is 0. The van der Waals surface area contributed by atoms with Crippen molar-refractivity contribution in [1.29, 1.82) is 0 Å². The average molecular weight is 335 g/mol. The Bertz CT molecular complexity index is 378. The maximum Gasteiger partial charge on any atom is -0.0276 e. The molecule has 1 aliphatic carbocycles. The molecule has 0 aromatic heterocycles. The summed E-state index contributed by atoms with van der Waals surface area (Å²) in [4.78, 5) is 0. The van der Waals surface area contributed by atoms with Crippen molar-refractivity contribution in [3.63, 3.8) is 0 Å². The maximum absolute atomic E-state index is 2.45. The van der Waals surface area contributed by atoms with Gasteiger partial charge in [-0.3, -0.25) is 0 Å². The van der Waals surface area contributed by atoms with Crippen LogP contribution in [0.25, 0.3) is 0 Å². The molecule has 1 aromatic rings. The Morgan fingerprint density at radius 2 is 1.42 bits per heavy atom. The van der Waals surface area contributed by atoms with E-state index in [0.29, 0.717) is 0 Å². The normalized spacial score (nSPS) is 18.9. The first-order valence-corrected chi connectivity index (χ1v) is 10.6. The summed E-state index contributed by atoms with van der Waals surface area (Å²) in [5.74, 6) is 1.93. The molecular formula is C24H46. The first-order chi connectivity index (χ1) is 11.6. The molecule has 1 fully saturated rings. The molecule has 0 spiro atoms. The standard InChI is InChI=1S/C17H26.C3H8.2C2H6/c1-13-8-9-16(12-15(13)3)10-11-17-7-5-4-6-14(17)2;1-3-2;2*1-2/h8-9,12,14,17H,4-7,10-11H2,1-3H3;3H2,1-2H3;2*1-2H3/t14?,17-;;;/m1.../s1. The molecule has 0 aliphatic heterocycles. The first kappa shape index (κ1) is 25.5. The highest BCUT2D eigenvalue weighted by Gasteiger charge is 2.20. The van der Waals surface area contributed by atoms with Crippen LogP contribution in [0.15, 0.2) is 18.2 Å². The van der Waals surface area contributed by atoms with E-state index >= 15 is 0 Å². The van der Waals surface area contributed by atoms with Gasteiger partial charge in [0.15, 0.2) is 0 Å². The van der Waals surface area contributed by atoms with Gasteiger partial charge in [0.05, 0.1) is 0 Å². The quantitative estimate of drug-likeness (QED) is 0.519. The Labute approximate surface area is 154 Å². The third kappa shape index (κ3) is 10.9. The summed E-state index contributed by atoms with van der Waals surface area (Å²) in [6, 6.07) is 6.97. The zero-order chi connectivity index (χ0) is 19.0. The molecule has 2 rings (SSSR count). The fraction of sp³-hybridized carbons (Fsp3) is 0.750. The van der Waals surface area contributed by atoms with Crippen LogP contribution in [0.4, 0.5) is 0 Å². The molecule has 0 radical (unpaired) electrons. The zero-order valence-electron chi connectivity index (χ0n) is 18.3. The molecule has 0 heteroatoms. The van der Waals surface area contributed by atoms with E-state index in [4.69, 9.17) is 0 Å². The molecule has 1 saturated carbocycles. The van der Waals surface area contributed by atoms with Crippen LogP contribution in [0.1, 0.15) is 104 Å². The van der Waals surface area contributed by atoms with E-state index in [1.54, 1.807) is 0 Å². The van der Waals surface area contributed by atoms with Crippen molar-refractivity contribution in [2.75, 3.05) is 0 Å². The lowest BCUT2D eigenvalue weighted by Gasteiger charge is -2.28. The molecule has 0 saturated heterocycles. The molecule has 0 bridgehead atoms. The molecule has 1 aliphatic rings. The maximum atomic E-state index is 2.45. The summed E-state index contributed by atoms with van der Waals surface area (Å²) in [5, 5.41) is 0. The van der Waals surface area contributed by atoms with Gasteiger partial charge in [-0.25, -0.2) is 0 Å². The van der Waals surface area contributed by atoms with Crippen LogP contribution >= 0.6 is 0 Å². The number of aryl methyl sites for hydroxylation is 3. The van der Waals surface area contributed by atoms with Gasteiger partial charge in [-0.15, -0.1) is 0 Å². The third-order valence-electron chi connectivity index (χ3n) is 4.66. The van der Waals surface area contributed by atoms with Crippen LogP contribution in [-0.2, 0) is 6.42 Å². The largest absolute Gasteiger partial charge is 0.0683 e. The van der Waals surface area contributed by atoms with Gasteiger partial charge >= 0.3 is 0 Å². The van der Waals surface area contributed by atoms with Crippen molar-refractivity contribution < 1.29 is 0 Å². The molecule has 1 aromatic carbocycles. The van der Waals surface area contributed by atoms with Crippen LogP contribution in [0, 0.1) is 25.7 Å². The zero-order valence-corrected chi connectivity index (χ0v) is 18.3. The van der Waals surface area contributed by atoms with Crippen LogP contribution in [0.2, 0.25) is 0 Å². The highest BCUT2D eigenvalue weighted by molar-refractivity contribution is 5.29. The minimum atomic E-state index is 0.954. The fourth-order valence-electron chi connectivity index (χ4n) is 3.13. The van der Waals surface area contributed by atoms with E-state index in [-0.39, 0.29) is 0 Å². The molecule has 0 N–H and O–H groups in total. The Kier molecular flexibility index (Phi) is 18.1. The molecule has 0 heterocycles. The van der Waals surface area contributed by atoms with Gasteiger partial charge in [0.1, 0.15) is 0 Å². The number of hydrogen-bond donors (Lipinski definition) is 0. The first-order valence-electron chi connectivity index (χ1n) is 10.6. The minimum absolute atomic E-state index is 0.954. The van der Waals surface area contributed by atoms with Gasteiger partial charge in [-0.1, -0.05) is 98.8 Å². The van der Waals surface area contributed by atoms with Gasteiger partial charge in [-0.05, 0) is 55.2 Å². The van der Waals surface area contributed by atoms with Crippen molar-refractivity contribution in [3.8, 4) is 0 Å². The van der Waals surface area contributed by atoms with Gasteiger partial charge in [0, 0.05) is 0 Å². The van der Waals surface area contributed by atoms with E-state index in [2.05, 4.69) is 52.8 Å². The molecule has 0 nitrogen and oxygen atoms in total. The SMILES string of the molecule is CC.CC.CCC.Cc1ccc(CC[C@H]2CCCCC2C)cc1C. The summed E-state index contributed by atoms with van der Waals surface area (Å²) in [6.45, 7) is 19.1. The topological polar surface area (TPSA) is 0 Å². The van der Waals surface area contributed by atoms with Gasteiger partial charge < -0.3 is 0 Å². The fourth-order valence-corrected chi connectivity index (χ4v) is 3.13. The van der Waals surface area contributed by atoms with Crippen molar-refractivity contribution in [2.24, 2.45) is 11.8 Å². The van der Waals surface area contributed by atoms with Gasteiger partial charge in [-0.2, -0.15) is 0 Å². The monoisotopic (exact) mass is 334 g/mol. The van der Waals surface area contributed by atoms with Crippen LogP contribution in [-0.4, -0.2) is 0 Å². The summed E-state index contributed by atoms with van der Waals surface area (Å²) in [6.07, 6.45) is 9.76. The molecule has 142 valence electrons. The Morgan fingerprint density at radius 3 is 1.92 bits per heavy atom. The van der Waals surface area contributed by atoms with Crippen molar-refractivity contribution in [3.05, 3.63) is 34.9 Å². The van der Waals surface area contributed by atoms with E-state index < -0.39 is 0 Å². The Morgan fingerprint density at radius 1 is 0.875 bits per heavy atom. The lowest BCUT2D eigenvalue weighted by Crippen LogP contribution is -2.17. The van der Waals surface area contributed by atoms with Gasteiger partial charge in [0.25, 0.3) is 0 Å². The Hall–Kier alpha value is -0.780. The van der Waals surface area contributed by atoms with E-state index in [0.717, 1.165) is 11.8 Å². The highest BCUT2D eigenvalue weighted by atomic mass is 14.3. The van der Waals surface area contributed by atoms with Crippen molar-refractivity contribution in [1.82, 2.24) is 0 Å². The summed E-state index contributed by atoms with van der Waals surface area (Å²) in [5.41, 5.74) is 4.39. The smallest absolute Gasteiger partial charge is 0.0276 e. The second-order valence-corrected chi connectivity index (χ2v) is 6.69. The van der Waals surface area contributed by atoms with Crippen molar-refractivity contribution >= 4 is 0 Å². The second kappa shape index (κ2) is 17.1. The summed E-state index contributed by atoms with van der Waals surface area (Å²) >= 11 is 0. The predicted octanol–water partition coefficient (Wildman–Crippen LogP) is 8.53. The third-order valence-corrected chi connectivity index (χ3v) is 4.66. The van der Waals surface area contributed by atoms with Crippen molar-refractivity contribution in [2.45, 2.75) is 107 Å². The summed E-state index contributed by atoms with van der Waals surface area (Å²) < 4.78 is 0. The molecule has 0 amide bonds. The molecule has 1 unspecified atom stereocenters. The van der Waals surface area contributed by atoms with Crippen LogP contribution < -0.4 is 0 Å². The van der Waals surface area contributed by atoms with E-state index in [1.807, 2.05) is 27.7 Å². The van der Waals surface area contributed by atoms with E-state index in [1.165, 1.54) is 61.6 Å². The second-order valence-electron chi connectivity index (χ2n) is 6.69. The Balaban J connectivity index is 0. The molecular weight excluding hydrogens is 288 g/mol. The lowest BCUT2D eigenvalue weighted by atomic mass is 9.77. The molecule has 24 heavy (non-hydrogen) atoms. The number of hydrogen-bond acceptors (Lipinski definition) is 0. The average Bonchev–Trinajstić information content (AvgIpc) is 2.61. The molecule has 2 atom stereocenters. The highest BCUT2D eigenvalue weighted by Crippen LogP contribution is 2.32. The lowest BCUT2D eigenvalue weighted by molar-refractivity contribution is 0.242. The van der Waals surface area contributed by atoms with E-state index in [9.17, 15) is 0 Å². The minimum Gasteiger partial charge on any atom is -0.0683 e. The van der Waals surface area contributed by atoms with Gasteiger partial charge in [0.2, 0.25) is 0 Å². The van der Waals surface area contributed by atoms with Crippen LogP contribution in [0.3, 0.4) is 0 Å². The number of rotatable bonds is 3. The number of benzene rings is 1.